The van der Waals surface area contributed by atoms with Crippen molar-refractivity contribution in [3.63, 3.8) is 0 Å². The quantitative estimate of drug-likeness (QED) is 0.705. The minimum atomic E-state index is -0.204. The maximum atomic E-state index is 5.51. The molecule has 0 fully saturated rings. The second-order valence-corrected chi connectivity index (χ2v) is 4.90. The van der Waals surface area contributed by atoms with Gasteiger partial charge in [-0.05, 0) is 30.2 Å². The van der Waals surface area contributed by atoms with Crippen molar-refractivity contribution >= 4 is 10.8 Å². The smallest absolute Gasteiger partial charge is 0.107 e. The van der Waals surface area contributed by atoms with Crippen LogP contribution >= 0.6 is 0 Å². The van der Waals surface area contributed by atoms with Crippen molar-refractivity contribution in [1.82, 2.24) is 0 Å². The molecule has 0 aromatic heterocycles. The summed E-state index contributed by atoms with van der Waals surface area (Å²) in [7, 11) is 0. The van der Waals surface area contributed by atoms with Crippen LogP contribution < -0.4 is 0 Å². The van der Waals surface area contributed by atoms with Crippen LogP contribution in [0.25, 0.3) is 10.8 Å². The van der Waals surface area contributed by atoms with Gasteiger partial charge < -0.3 is 4.74 Å². The number of benzene rings is 2. The van der Waals surface area contributed by atoms with Crippen molar-refractivity contribution in [2.45, 2.75) is 25.9 Å². The van der Waals surface area contributed by atoms with Crippen molar-refractivity contribution < 1.29 is 4.74 Å². The Balaban J connectivity index is 2.28. The summed E-state index contributed by atoms with van der Waals surface area (Å²) >= 11 is 0. The number of fused-ring (bicyclic) bond motifs is 1. The van der Waals surface area contributed by atoms with Gasteiger partial charge in [0.25, 0.3) is 0 Å². The molecule has 0 aliphatic carbocycles. The lowest BCUT2D eigenvalue weighted by Crippen LogP contribution is -2.24. The Kier molecular flexibility index (Phi) is 3.19. The zero-order valence-electron chi connectivity index (χ0n) is 10.4. The van der Waals surface area contributed by atoms with E-state index in [2.05, 4.69) is 62.9 Å². The molecule has 2 rings (SSSR count). The minimum Gasteiger partial charge on any atom is -0.496 e. The highest BCUT2D eigenvalue weighted by molar-refractivity contribution is 5.83. The van der Waals surface area contributed by atoms with Gasteiger partial charge in [0.15, 0.2) is 0 Å². The molecule has 1 nitrogen and oxygen atoms in total. The van der Waals surface area contributed by atoms with Gasteiger partial charge in [0.05, 0.1) is 6.26 Å². The van der Waals surface area contributed by atoms with Gasteiger partial charge >= 0.3 is 0 Å². The highest BCUT2D eigenvalue weighted by Crippen LogP contribution is 2.21. The first kappa shape index (κ1) is 11.7. The third-order valence-electron chi connectivity index (χ3n) is 2.85. The fourth-order valence-corrected chi connectivity index (χ4v) is 2.11. The predicted octanol–water partition coefficient (Wildman–Crippen LogP) is 4.32. The molecular formula is C16H18O. The second-order valence-electron chi connectivity index (χ2n) is 4.90. The van der Waals surface area contributed by atoms with Gasteiger partial charge in [0.2, 0.25) is 0 Å². The van der Waals surface area contributed by atoms with Crippen LogP contribution in [-0.2, 0) is 11.2 Å². The normalized spacial score (nSPS) is 11.4. The molecule has 2 aromatic carbocycles. The molecular weight excluding hydrogens is 208 g/mol. The molecule has 0 saturated carbocycles. The zero-order chi connectivity index (χ0) is 12.3. The van der Waals surface area contributed by atoms with Crippen LogP contribution in [0.1, 0.15) is 19.4 Å². The molecule has 0 radical (unpaired) electrons. The molecule has 0 heterocycles. The first-order chi connectivity index (χ1) is 8.11. The van der Waals surface area contributed by atoms with E-state index in [1.807, 2.05) is 0 Å². The minimum absolute atomic E-state index is 0.204. The fraction of sp³-hybridized carbons (Fsp3) is 0.250. The molecule has 0 amide bonds. The molecule has 0 spiro atoms. The summed E-state index contributed by atoms with van der Waals surface area (Å²) < 4.78 is 5.51. The predicted molar refractivity (Wildman–Crippen MR) is 73.0 cm³/mol. The zero-order valence-corrected chi connectivity index (χ0v) is 10.4. The molecule has 0 aliphatic heterocycles. The van der Waals surface area contributed by atoms with Crippen molar-refractivity contribution in [2.24, 2.45) is 0 Å². The van der Waals surface area contributed by atoms with E-state index in [0.29, 0.717) is 0 Å². The third kappa shape index (κ3) is 2.88. The summed E-state index contributed by atoms with van der Waals surface area (Å²) in [5, 5.41) is 2.55. The molecule has 0 N–H and O–H groups in total. The van der Waals surface area contributed by atoms with Crippen molar-refractivity contribution in [3.8, 4) is 0 Å². The molecule has 0 saturated heterocycles. The van der Waals surface area contributed by atoms with Gasteiger partial charge in [0, 0.05) is 6.42 Å². The summed E-state index contributed by atoms with van der Waals surface area (Å²) in [5.74, 6) is 0. The Morgan fingerprint density at radius 2 is 1.82 bits per heavy atom. The summed E-state index contributed by atoms with van der Waals surface area (Å²) in [6.07, 6.45) is 2.39. The van der Waals surface area contributed by atoms with E-state index < -0.39 is 0 Å². The van der Waals surface area contributed by atoms with E-state index in [9.17, 15) is 0 Å². The van der Waals surface area contributed by atoms with E-state index in [4.69, 9.17) is 4.74 Å². The largest absolute Gasteiger partial charge is 0.496 e. The summed E-state index contributed by atoms with van der Waals surface area (Å²) in [5.41, 5.74) is 1.08. The van der Waals surface area contributed by atoms with Gasteiger partial charge in [-0.3, -0.25) is 0 Å². The highest BCUT2D eigenvalue weighted by Gasteiger charge is 2.18. The summed E-state index contributed by atoms with van der Waals surface area (Å²) in [4.78, 5) is 0. The van der Waals surface area contributed by atoms with Crippen LogP contribution in [-0.4, -0.2) is 5.60 Å². The molecule has 0 atom stereocenters. The van der Waals surface area contributed by atoms with Crippen LogP contribution in [0.2, 0.25) is 0 Å². The van der Waals surface area contributed by atoms with Crippen LogP contribution in [0.4, 0.5) is 0 Å². The molecule has 2 aromatic rings. The third-order valence-corrected chi connectivity index (χ3v) is 2.85. The van der Waals surface area contributed by atoms with Crippen molar-refractivity contribution in [2.75, 3.05) is 0 Å². The topological polar surface area (TPSA) is 9.23 Å². The standard InChI is InChI=1S/C16H18O/c1-4-17-16(2,3)12-13-9-10-14-7-5-6-8-15(14)11-13/h4-11H,1,12H2,2-3H3. The van der Waals surface area contributed by atoms with E-state index in [-0.39, 0.29) is 5.60 Å². The number of hydrogen-bond acceptors (Lipinski definition) is 1. The van der Waals surface area contributed by atoms with Crippen LogP contribution in [0.5, 0.6) is 0 Å². The summed E-state index contributed by atoms with van der Waals surface area (Å²) in [6, 6.07) is 14.9. The van der Waals surface area contributed by atoms with E-state index in [1.165, 1.54) is 22.6 Å². The number of hydrogen-bond donors (Lipinski definition) is 0. The van der Waals surface area contributed by atoms with Crippen LogP contribution in [0.15, 0.2) is 55.3 Å². The van der Waals surface area contributed by atoms with E-state index in [0.717, 1.165) is 6.42 Å². The van der Waals surface area contributed by atoms with Gasteiger partial charge in [-0.2, -0.15) is 0 Å². The van der Waals surface area contributed by atoms with E-state index >= 15 is 0 Å². The summed E-state index contributed by atoms with van der Waals surface area (Å²) in [6.45, 7) is 7.76. The number of ether oxygens (including phenoxy) is 1. The van der Waals surface area contributed by atoms with E-state index in [1.54, 1.807) is 0 Å². The Morgan fingerprint density at radius 1 is 1.12 bits per heavy atom. The Labute approximate surface area is 103 Å². The first-order valence-electron chi connectivity index (χ1n) is 5.87. The lowest BCUT2D eigenvalue weighted by atomic mass is 9.96. The van der Waals surface area contributed by atoms with Crippen LogP contribution in [0.3, 0.4) is 0 Å². The SMILES string of the molecule is C=COC(C)(C)Cc1ccc2ccccc2c1. The van der Waals surface area contributed by atoms with Crippen LogP contribution in [0, 0.1) is 0 Å². The first-order valence-corrected chi connectivity index (χ1v) is 5.87. The lowest BCUT2D eigenvalue weighted by Gasteiger charge is -2.24. The molecule has 0 unspecified atom stereocenters. The average molecular weight is 226 g/mol. The van der Waals surface area contributed by atoms with Crippen molar-refractivity contribution in [1.29, 1.82) is 0 Å². The number of rotatable bonds is 4. The molecule has 0 bridgehead atoms. The monoisotopic (exact) mass is 226 g/mol. The van der Waals surface area contributed by atoms with Gasteiger partial charge in [-0.1, -0.05) is 49.0 Å². The maximum absolute atomic E-state index is 5.51. The molecule has 1 heteroatoms. The average Bonchev–Trinajstić information content (AvgIpc) is 2.28. The van der Waals surface area contributed by atoms with Gasteiger partial charge in [-0.15, -0.1) is 0 Å². The van der Waals surface area contributed by atoms with Crippen molar-refractivity contribution in [3.05, 3.63) is 60.9 Å². The maximum Gasteiger partial charge on any atom is 0.107 e. The molecule has 0 aliphatic rings. The fourth-order valence-electron chi connectivity index (χ4n) is 2.11. The molecule has 17 heavy (non-hydrogen) atoms. The molecule has 88 valence electrons. The van der Waals surface area contributed by atoms with Gasteiger partial charge in [0.1, 0.15) is 5.60 Å². The Hall–Kier alpha value is -1.76. The Bertz CT molecular complexity index is 526. The highest BCUT2D eigenvalue weighted by atomic mass is 16.5. The van der Waals surface area contributed by atoms with Gasteiger partial charge in [-0.25, -0.2) is 0 Å². The lowest BCUT2D eigenvalue weighted by molar-refractivity contribution is 0.0590. The Morgan fingerprint density at radius 3 is 2.53 bits per heavy atom. The second kappa shape index (κ2) is 4.62.